The number of benzene rings is 1. The van der Waals surface area contributed by atoms with Gasteiger partial charge >= 0.3 is 0 Å². The van der Waals surface area contributed by atoms with Crippen LogP contribution in [0.2, 0.25) is 0 Å². The monoisotopic (exact) mass is 299 g/mol. The summed E-state index contributed by atoms with van der Waals surface area (Å²) >= 11 is 1.83. The van der Waals surface area contributed by atoms with Crippen LogP contribution < -0.4 is 0 Å². The van der Waals surface area contributed by atoms with Crippen molar-refractivity contribution in [2.75, 3.05) is 0 Å². The first kappa shape index (κ1) is 14.8. The van der Waals surface area contributed by atoms with Crippen LogP contribution in [0.25, 0.3) is 0 Å². The van der Waals surface area contributed by atoms with Crippen LogP contribution in [-0.4, -0.2) is 4.98 Å². The molecule has 1 saturated carbocycles. The summed E-state index contributed by atoms with van der Waals surface area (Å²) in [4.78, 5) is 4.72. The molecule has 2 unspecified atom stereocenters. The summed E-state index contributed by atoms with van der Waals surface area (Å²) in [6.07, 6.45) is 9.68. The molecule has 0 saturated heterocycles. The van der Waals surface area contributed by atoms with Gasteiger partial charge in [-0.3, -0.25) is 0 Å². The van der Waals surface area contributed by atoms with Crippen LogP contribution in [0.5, 0.6) is 0 Å². The van der Waals surface area contributed by atoms with Crippen molar-refractivity contribution in [2.24, 2.45) is 5.41 Å². The first-order chi connectivity index (χ1) is 10.2. The molecular formula is C19H25NS. The molecule has 0 bridgehead atoms. The first-order valence-corrected chi connectivity index (χ1v) is 9.02. The summed E-state index contributed by atoms with van der Waals surface area (Å²) in [5.74, 6) is 0. The van der Waals surface area contributed by atoms with Gasteiger partial charge in [0.05, 0.1) is 0 Å². The van der Waals surface area contributed by atoms with E-state index in [1.165, 1.54) is 49.1 Å². The maximum Gasteiger partial charge on any atom is 0.103 e. The van der Waals surface area contributed by atoms with Crippen molar-refractivity contribution in [1.29, 1.82) is 0 Å². The minimum absolute atomic E-state index is 0.141. The summed E-state index contributed by atoms with van der Waals surface area (Å²) in [5.41, 5.74) is 2.11. The molecule has 112 valence electrons. The van der Waals surface area contributed by atoms with E-state index in [-0.39, 0.29) is 5.41 Å². The maximum atomic E-state index is 4.72. The van der Waals surface area contributed by atoms with Gasteiger partial charge in [0.2, 0.25) is 0 Å². The summed E-state index contributed by atoms with van der Waals surface area (Å²) in [7, 11) is 0. The lowest BCUT2D eigenvalue weighted by Crippen LogP contribution is -2.27. The van der Waals surface area contributed by atoms with Crippen LogP contribution in [0.15, 0.2) is 41.9 Å². The van der Waals surface area contributed by atoms with Gasteiger partial charge in [-0.2, -0.15) is 0 Å². The third-order valence-electron chi connectivity index (χ3n) is 5.56. The largest absolute Gasteiger partial charge is 0.249 e. The molecule has 1 nitrogen and oxygen atoms in total. The molecule has 1 aromatic heterocycles. The maximum absolute atomic E-state index is 4.72. The topological polar surface area (TPSA) is 12.9 Å². The molecule has 1 heterocycles. The predicted octanol–water partition coefficient (Wildman–Crippen LogP) is 5.81. The van der Waals surface area contributed by atoms with Crippen LogP contribution in [0, 0.1) is 5.41 Å². The van der Waals surface area contributed by atoms with E-state index < -0.39 is 0 Å². The molecular weight excluding hydrogens is 274 g/mol. The summed E-state index contributed by atoms with van der Waals surface area (Å²) in [6.45, 7) is 4.81. The highest BCUT2D eigenvalue weighted by Crippen LogP contribution is 2.49. The van der Waals surface area contributed by atoms with Gasteiger partial charge in [-0.25, -0.2) is 4.98 Å². The Kier molecular flexibility index (Phi) is 4.17. The third-order valence-corrected chi connectivity index (χ3v) is 6.54. The number of rotatable bonds is 3. The van der Waals surface area contributed by atoms with E-state index in [4.69, 9.17) is 4.98 Å². The van der Waals surface area contributed by atoms with E-state index in [9.17, 15) is 0 Å². The molecule has 0 radical (unpaired) electrons. The van der Waals surface area contributed by atoms with Gasteiger partial charge in [-0.1, -0.05) is 57.0 Å². The molecule has 0 aliphatic heterocycles. The number of nitrogens with zero attached hydrogens (tertiary/aromatic N) is 1. The SMILES string of the molecule is CCC1(C)CCCC(c2ccccc2)(c2nccs2)CC1. The van der Waals surface area contributed by atoms with E-state index in [1.807, 2.05) is 17.5 Å². The zero-order valence-corrected chi connectivity index (χ0v) is 14.0. The van der Waals surface area contributed by atoms with Gasteiger partial charge in [0.15, 0.2) is 0 Å². The highest BCUT2D eigenvalue weighted by atomic mass is 32.1. The van der Waals surface area contributed by atoms with Crippen molar-refractivity contribution in [3.63, 3.8) is 0 Å². The van der Waals surface area contributed by atoms with E-state index >= 15 is 0 Å². The van der Waals surface area contributed by atoms with Crippen molar-refractivity contribution in [3.8, 4) is 0 Å². The van der Waals surface area contributed by atoms with Gasteiger partial charge in [-0.05, 0) is 36.7 Å². The second-order valence-corrected chi connectivity index (χ2v) is 7.70. The Bertz CT molecular complexity index is 563. The first-order valence-electron chi connectivity index (χ1n) is 8.14. The average molecular weight is 299 g/mol. The summed E-state index contributed by atoms with van der Waals surface area (Å²) in [5, 5.41) is 3.44. The highest BCUT2D eigenvalue weighted by Gasteiger charge is 2.40. The average Bonchev–Trinajstić information content (AvgIpc) is 3.00. The third kappa shape index (κ3) is 2.78. The number of aromatic nitrogens is 1. The van der Waals surface area contributed by atoms with E-state index in [0.717, 1.165) is 0 Å². The van der Waals surface area contributed by atoms with E-state index in [1.54, 1.807) is 0 Å². The molecule has 0 amide bonds. The predicted molar refractivity (Wildman–Crippen MR) is 90.8 cm³/mol. The Labute approximate surface area is 132 Å². The van der Waals surface area contributed by atoms with Crippen LogP contribution >= 0.6 is 11.3 Å². The lowest BCUT2D eigenvalue weighted by Gasteiger charge is -2.33. The summed E-state index contributed by atoms with van der Waals surface area (Å²) in [6, 6.07) is 11.1. The van der Waals surface area contributed by atoms with E-state index in [0.29, 0.717) is 5.41 Å². The minimum Gasteiger partial charge on any atom is -0.249 e. The van der Waals surface area contributed by atoms with Gasteiger partial charge in [0, 0.05) is 17.0 Å². The van der Waals surface area contributed by atoms with Crippen LogP contribution in [-0.2, 0) is 5.41 Å². The second-order valence-electron chi connectivity index (χ2n) is 6.80. The molecule has 0 spiro atoms. The quantitative estimate of drug-likeness (QED) is 0.652. The molecule has 1 aliphatic rings. The standard InChI is InChI=1S/C19H25NS/c1-3-18(2)10-7-11-19(13-12-18,17-20-14-15-21-17)16-8-5-4-6-9-16/h4-6,8-9,14-15H,3,7,10-13H2,1-2H3. The molecule has 1 fully saturated rings. The number of hydrogen-bond acceptors (Lipinski definition) is 2. The number of hydrogen-bond donors (Lipinski definition) is 0. The van der Waals surface area contributed by atoms with Crippen molar-refractivity contribution in [3.05, 3.63) is 52.5 Å². The Balaban J connectivity index is 2.02. The van der Waals surface area contributed by atoms with Gasteiger partial charge in [-0.15, -0.1) is 11.3 Å². The van der Waals surface area contributed by atoms with Crippen molar-refractivity contribution >= 4 is 11.3 Å². The molecule has 0 N–H and O–H groups in total. The molecule has 2 atom stereocenters. The Morgan fingerprint density at radius 3 is 2.57 bits per heavy atom. The highest BCUT2D eigenvalue weighted by molar-refractivity contribution is 7.09. The van der Waals surface area contributed by atoms with Gasteiger partial charge in [0.1, 0.15) is 5.01 Å². The fourth-order valence-corrected chi connectivity index (χ4v) is 4.70. The van der Waals surface area contributed by atoms with Crippen LogP contribution in [0.4, 0.5) is 0 Å². The zero-order valence-electron chi connectivity index (χ0n) is 13.1. The molecule has 1 aliphatic carbocycles. The fraction of sp³-hybridized carbons (Fsp3) is 0.526. The normalized spacial score (nSPS) is 30.0. The zero-order chi connectivity index (χ0) is 14.8. The molecule has 2 aromatic rings. The van der Waals surface area contributed by atoms with Gasteiger partial charge in [0.25, 0.3) is 0 Å². The minimum atomic E-state index is 0.141. The number of thiazole rings is 1. The molecule has 21 heavy (non-hydrogen) atoms. The molecule has 2 heteroatoms. The van der Waals surface area contributed by atoms with Crippen LogP contribution in [0.1, 0.15) is 62.9 Å². The van der Waals surface area contributed by atoms with E-state index in [2.05, 4.69) is 49.6 Å². The molecule has 1 aromatic carbocycles. The Hall–Kier alpha value is -1.15. The van der Waals surface area contributed by atoms with Crippen LogP contribution in [0.3, 0.4) is 0 Å². The Morgan fingerprint density at radius 2 is 1.90 bits per heavy atom. The summed E-state index contributed by atoms with van der Waals surface area (Å²) < 4.78 is 0. The Morgan fingerprint density at radius 1 is 1.10 bits per heavy atom. The van der Waals surface area contributed by atoms with Crippen molar-refractivity contribution in [1.82, 2.24) is 4.98 Å². The van der Waals surface area contributed by atoms with Gasteiger partial charge < -0.3 is 0 Å². The lowest BCUT2D eigenvalue weighted by atomic mass is 9.73. The lowest BCUT2D eigenvalue weighted by molar-refractivity contribution is 0.261. The second kappa shape index (κ2) is 5.92. The smallest absolute Gasteiger partial charge is 0.103 e. The fourth-order valence-electron chi connectivity index (χ4n) is 3.78. The van der Waals surface area contributed by atoms with Crippen molar-refractivity contribution < 1.29 is 0 Å². The van der Waals surface area contributed by atoms with Crippen molar-refractivity contribution in [2.45, 2.75) is 57.8 Å². The molecule has 3 rings (SSSR count).